The molecule has 3 fully saturated rings. The van der Waals surface area contributed by atoms with E-state index in [2.05, 4.69) is 31.7 Å². The zero-order chi connectivity index (χ0) is 20.4. The monoisotopic (exact) mass is 395 g/mol. The minimum absolute atomic E-state index is 0.0963. The smallest absolute Gasteiger partial charge is 0.155 e. The molecule has 0 aromatic rings. The number of carbonyl (C=O) groups excluding carboxylic acids is 2. The molecular weight excluding hydrogens is 358 g/mol. The van der Waals surface area contributed by atoms with E-state index in [0.29, 0.717) is 42.3 Å². The van der Waals surface area contributed by atoms with Crippen LogP contribution in [0.4, 0.5) is 0 Å². The van der Waals surface area contributed by atoms with Crippen molar-refractivity contribution in [1.29, 1.82) is 0 Å². The van der Waals surface area contributed by atoms with E-state index in [9.17, 15) is 9.59 Å². The molecule has 0 aromatic heterocycles. The first-order valence-electron chi connectivity index (χ1n) is 12.0. The van der Waals surface area contributed by atoms with Gasteiger partial charge in [0.1, 0.15) is 0 Å². The molecule has 1 heterocycles. The van der Waals surface area contributed by atoms with E-state index in [-0.39, 0.29) is 16.7 Å². The van der Waals surface area contributed by atoms with Crippen LogP contribution in [0.1, 0.15) is 72.1 Å². The Bertz CT molecular complexity index is 789. The highest BCUT2D eigenvalue weighted by molar-refractivity contribution is 5.92. The number of rotatable bonds is 3. The lowest BCUT2D eigenvalue weighted by atomic mass is 9.51. The Balaban J connectivity index is 1.44. The van der Waals surface area contributed by atoms with E-state index in [1.165, 1.54) is 31.3 Å². The maximum Gasteiger partial charge on any atom is 0.155 e. The van der Waals surface area contributed by atoms with E-state index in [0.717, 1.165) is 32.4 Å². The highest BCUT2D eigenvalue weighted by Crippen LogP contribution is 2.65. The molecule has 0 radical (unpaired) electrons. The van der Waals surface area contributed by atoms with Crippen LogP contribution in [-0.2, 0) is 9.59 Å². The summed E-state index contributed by atoms with van der Waals surface area (Å²) >= 11 is 0. The van der Waals surface area contributed by atoms with E-state index < -0.39 is 0 Å². The molecule has 158 valence electrons. The number of Topliss-reactive ketones (excluding diaryl/α,β-unsaturated/α-hetero) is 1. The van der Waals surface area contributed by atoms with Crippen LogP contribution < -0.4 is 0 Å². The normalized spacial score (nSPS) is 44.6. The Morgan fingerprint density at radius 1 is 1.21 bits per heavy atom. The first kappa shape index (κ1) is 19.7. The van der Waals surface area contributed by atoms with Gasteiger partial charge in [-0.25, -0.2) is 0 Å². The molecule has 0 unspecified atom stereocenters. The third kappa shape index (κ3) is 2.94. The number of ketones is 2. The molecule has 4 aliphatic carbocycles. The van der Waals surface area contributed by atoms with Crippen molar-refractivity contribution in [3.05, 3.63) is 23.3 Å². The van der Waals surface area contributed by atoms with Gasteiger partial charge in [-0.3, -0.25) is 14.5 Å². The van der Waals surface area contributed by atoms with Crippen LogP contribution in [0.15, 0.2) is 23.3 Å². The second kappa shape index (κ2) is 6.90. The first-order valence-corrected chi connectivity index (χ1v) is 12.0. The van der Waals surface area contributed by atoms with Crippen LogP contribution in [0.2, 0.25) is 0 Å². The molecule has 0 amide bonds. The fraction of sp³-hybridized carbons (Fsp3) is 0.769. The van der Waals surface area contributed by atoms with Crippen molar-refractivity contribution in [3.8, 4) is 0 Å². The second-order valence-corrected chi connectivity index (χ2v) is 11.2. The van der Waals surface area contributed by atoms with Gasteiger partial charge in [0.2, 0.25) is 0 Å². The van der Waals surface area contributed by atoms with Crippen LogP contribution in [0.5, 0.6) is 0 Å². The SMILES string of the molecule is C[C@@H]1C[C@H]2[C@@H]3CCC4=CC(=O)CC[C@]4(C)C3=CC[C@]2(C)[C@H]1C(=O)CN1CCCC1. The molecule has 0 spiro atoms. The highest BCUT2D eigenvalue weighted by Gasteiger charge is 2.59. The maximum atomic E-state index is 13.5. The van der Waals surface area contributed by atoms with Crippen LogP contribution in [0, 0.1) is 34.5 Å². The van der Waals surface area contributed by atoms with Crippen molar-refractivity contribution in [3.63, 3.8) is 0 Å². The summed E-state index contributed by atoms with van der Waals surface area (Å²) in [7, 11) is 0. The van der Waals surface area contributed by atoms with Crippen LogP contribution in [0.3, 0.4) is 0 Å². The molecule has 3 nitrogen and oxygen atoms in total. The molecule has 0 bridgehead atoms. The summed E-state index contributed by atoms with van der Waals surface area (Å²) in [4.78, 5) is 27.9. The standard InChI is InChI=1S/C26H37NO2/c1-17-14-22-20-7-6-18-15-19(28)8-10-25(18,2)21(20)9-11-26(22,3)24(17)23(29)16-27-12-4-5-13-27/h9,15,17,20,22,24H,4-8,10-14,16H2,1-3H3/t17-,20-,22+,24-,25+,26+/m1/s1. The lowest BCUT2D eigenvalue weighted by Gasteiger charge is -2.53. The highest BCUT2D eigenvalue weighted by atomic mass is 16.1. The second-order valence-electron chi connectivity index (χ2n) is 11.2. The molecular formula is C26H37NO2. The van der Waals surface area contributed by atoms with Crippen molar-refractivity contribution in [2.24, 2.45) is 34.5 Å². The van der Waals surface area contributed by atoms with E-state index in [1.54, 1.807) is 5.57 Å². The predicted molar refractivity (Wildman–Crippen MR) is 115 cm³/mol. The van der Waals surface area contributed by atoms with Crippen molar-refractivity contribution in [1.82, 2.24) is 4.90 Å². The Morgan fingerprint density at radius 2 is 1.97 bits per heavy atom. The number of nitrogens with zero attached hydrogens (tertiary/aromatic N) is 1. The summed E-state index contributed by atoms with van der Waals surface area (Å²) in [5.74, 6) is 2.76. The summed E-state index contributed by atoms with van der Waals surface area (Å²) in [6.45, 7) is 10.0. The van der Waals surface area contributed by atoms with Crippen molar-refractivity contribution >= 4 is 11.6 Å². The van der Waals surface area contributed by atoms with Gasteiger partial charge in [-0.05, 0) is 87.3 Å². The quantitative estimate of drug-likeness (QED) is 0.634. The summed E-state index contributed by atoms with van der Waals surface area (Å²) in [5.41, 5.74) is 3.21. The number of hydrogen-bond donors (Lipinski definition) is 0. The van der Waals surface area contributed by atoms with Crippen LogP contribution in [-0.4, -0.2) is 36.1 Å². The minimum atomic E-state index is 0.0963. The Labute approximate surface area is 176 Å². The summed E-state index contributed by atoms with van der Waals surface area (Å²) in [6.07, 6.45) is 13.1. The Kier molecular flexibility index (Phi) is 4.70. The van der Waals surface area contributed by atoms with Gasteiger partial charge in [-0.1, -0.05) is 38.0 Å². The zero-order valence-electron chi connectivity index (χ0n) is 18.5. The average molecular weight is 396 g/mol. The van der Waals surface area contributed by atoms with Crippen LogP contribution >= 0.6 is 0 Å². The van der Waals surface area contributed by atoms with E-state index >= 15 is 0 Å². The topological polar surface area (TPSA) is 37.4 Å². The lowest BCUT2D eigenvalue weighted by molar-refractivity contribution is -0.129. The fourth-order valence-corrected chi connectivity index (χ4v) is 8.17. The first-order chi connectivity index (χ1) is 13.8. The number of hydrogen-bond acceptors (Lipinski definition) is 3. The minimum Gasteiger partial charge on any atom is -0.298 e. The van der Waals surface area contributed by atoms with Gasteiger partial charge in [0.25, 0.3) is 0 Å². The molecule has 3 heteroatoms. The van der Waals surface area contributed by atoms with Gasteiger partial charge in [0.05, 0.1) is 6.54 Å². The molecule has 0 N–H and O–H groups in total. The molecule has 6 atom stereocenters. The fourth-order valence-electron chi connectivity index (χ4n) is 8.17. The third-order valence-corrected chi connectivity index (χ3v) is 9.60. The van der Waals surface area contributed by atoms with Gasteiger partial charge >= 0.3 is 0 Å². The Hall–Kier alpha value is -1.22. The number of likely N-dealkylation sites (tertiary alicyclic amines) is 1. The van der Waals surface area contributed by atoms with Crippen molar-refractivity contribution < 1.29 is 9.59 Å². The molecule has 5 rings (SSSR count). The molecule has 5 aliphatic rings. The largest absolute Gasteiger partial charge is 0.298 e. The number of allylic oxidation sites excluding steroid dienone is 4. The van der Waals surface area contributed by atoms with Gasteiger partial charge in [0.15, 0.2) is 11.6 Å². The van der Waals surface area contributed by atoms with E-state index in [1.807, 2.05) is 6.08 Å². The number of fused-ring (bicyclic) bond motifs is 5. The summed E-state index contributed by atoms with van der Waals surface area (Å²) < 4.78 is 0. The van der Waals surface area contributed by atoms with Crippen molar-refractivity contribution in [2.45, 2.75) is 72.1 Å². The maximum absolute atomic E-state index is 13.5. The molecule has 1 aliphatic heterocycles. The van der Waals surface area contributed by atoms with Crippen LogP contribution in [0.25, 0.3) is 0 Å². The molecule has 2 saturated carbocycles. The third-order valence-electron chi connectivity index (χ3n) is 9.60. The number of carbonyl (C=O) groups is 2. The Morgan fingerprint density at radius 3 is 2.72 bits per heavy atom. The average Bonchev–Trinajstić information content (AvgIpc) is 3.26. The van der Waals surface area contributed by atoms with Gasteiger partial charge < -0.3 is 0 Å². The summed E-state index contributed by atoms with van der Waals surface area (Å²) in [6, 6.07) is 0. The van der Waals surface area contributed by atoms with E-state index in [4.69, 9.17) is 0 Å². The zero-order valence-corrected chi connectivity index (χ0v) is 18.5. The lowest BCUT2D eigenvalue weighted by Crippen LogP contribution is -2.46. The van der Waals surface area contributed by atoms with Gasteiger partial charge in [0, 0.05) is 17.8 Å². The molecule has 0 aromatic carbocycles. The molecule has 29 heavy (non-hydrogen) atoms. The predicted octanol–water partition coefficient (Wildman–Crippen LogP) is 4.97. The van der Waals surface area contributed by atoms with Crippen molar-refractivity contribution in [2.75, 3.05) is 19.6 Å². The van der Waals surface area contributed by atoms with Gasteiger partial charge in [-0.2, -0.15) is 0 Å². The summed E-state index contributed by atoms with van der Waals surface area (Å²) in [5, 5.41) is 0. The molecule has 1 saturated heterocycles. The van der Waals surface area contributed by atoms with Gasteiger partial charge in [-0.15, -0.1) is 0 Å².